The number of anilines is 1. The molecule has 0 amide bonds. The maximum atomic E-state index is 13.1. The number of alkyl halides is 6. The van der Waals surface area contributed by atoms with Crippen LogP contribution in [-0.2, 0) is 5.60 Å². The second-order valence-electron chi connectivity index (χ2n) is 6.31. The van der Waals surface area contributed by atoms with Crippen molar-refractivity contribution in [2.45, 2.75) is 22.2 Å². The lowest BCUT2D eigenvalue weighted by atomic mass is 9.92. The van der Waals surface area contributed by atoms with E-state index in [-0.39, 0.29) is 4.47 Å². The van der Waals surface area contributed by atoms with Gasteiger partial charge in [-0.1, -0.05) is 12.1 Å². The summed E-state index contributed by atoms with van der Waals surface area (Å²) in [6.45, 7) is 2.45. The maximum Gasteiger partial charge on any atom is 0.430 e. The van der Waals surface area contributed by atoms with Crippen molar-refractivity contribution >= 4 is 44.9 Å². The first-order valence-electron chi connectivity index (χ1n) is 8.30. The summed E-state index contributed by atoms with van der Waals surface area (Å²) in [5.74, 6) is 0. The molecule has 1 aromatic carbocycles. The summed E-state index contributed by atoms with van der Waals surface area (Å²) in [7, 11) is 0. The van der Waals surface area contributed by atoms with Gasteiger partial charge in [-0.05, 0) is 51.5 Å². The van der Waals surface area contributed by atoms with Crippen LogP contribution in [0.15, 0.2) is 44.4 Å². The Bertz CT molecular complexity index is 821. The summed E-state index contributed by atoms with van der Waals surface area (Å²) in [5, 5.41) is 11.5. The lowest BCUT2D eigenvalue weighted by molar-refractivity contribution is -0.376. The standard InChI is InChI=1S/C17H15BrF6N2OS2/c18-12-10-11(15(27,16(19,20)21)17(22,23)24)3-4-13(12)25-5-7-26(8-6-25)29-14-2-1-9-28-14/h1-4,9-10,27H,5-8H2. The van der Waals surface area contributed by atoms with Crippen LogP contribution in [0, 0.1) is 0 Å². The molecule has 1 fully saturated rings. The van der Waals surface area contributed by atoms with Crippen LogP contribution in [0.25, 0.3) is 0 Å². The lowest BCUT2D eigenvalue weighted by Crippen LogP contribution is -2.54. The van der Waals surface area contributed by atoms with Crippen molar-refractivity contribution in [2.75, 3.05) is 31.1 Å². The van der Waals surface area contributed by atoms with E-state index in [1.807, 2.05) is 22.4 Å². The van der Waals surface area contributed by atoms with Gasteiger partial charge in [-0.3, -0.25) is 0 Å². The molecule has 1 aromatic heterocycles. The number of hydrogen-bond acceptors (Lipinski definition) is 5. The molecule has 0 spiro atoms. The minimum Gasteiger partial charge on any atom is -0.369 e. The molecule has 3 rings (SSSR count). The number of thiophene rings is 1. The molecule has 1 saturated heterocycles. The Morgan fingerprint density at radius 3 is 2.07 bits per heavy atom. The Labute approximate surface area is 179 Å². The Hall–Kier alpha value is -0.950. The zero-order valence-electron chi connectivity index (χ0n) is 14.6. The van der Waals surface area contributed by atoms with Gasteiger partial charge in [0.2, 0.25) is 0 Å². The largest absolute Gasteiger partial charge is 0.430 e. The van der Waals surface area contributed by atoms with Gasteiger partial charge < -0.3 is 10.0 Å². The van der Waals surface area contributed by atoms with Gasteiger partial charge in [0, 0.05) is 36.2 Å². The molecule has 0 radical (unpaired) electrons. The van der Waals surface area contributed by atoms with Crippen molar-refractivity contribution in [3.63, 3.8) is 0 Å². The quantitative estimate of drug-likeness (QED) is 0.416. The molecular weight excluding hydrogens is 506 g/mol. The summed E-state index contributed by atoms with van der Waals surface area (Å²) in [6, 6.07) is 6.48. The number of rotatable bonds is 4. The number of nitrogens with zero attached hydrogens (tertiary/aromatic N) is 2. The van der Waals surface area contributed by atoms with E-state index in [1.165, 1.54) is 6.07 Å². The first kappa shape index (κ1) is 22.7. The van der Waals surface area contributed by atoms with E-state index < -0.39 is 23.5 Å². The number of piperazine rings is 1. The third kappa shape index (κ3) is 4.55. The molecule has 12 heteroatoms. The third-order valence-electron chi connectivity index (χ3n) is 4.48. The van der Waals surface area contributed by atoms with Gasteiger partial charge in [0.05, 0.1) is 9.90 Å². The second kappa shape index (κ2) is 8.29. The van der Waals surface area contributed by atoms with Crippen LogP contribution in [0.5, 0.6) is 0 Å². The van der Waals surface area contributed by atoms with Crippen LogP contribution < -0.4 is 4.90 Å². The Balaban J connectivity index is 1.76. The van der Waals surface area contributed by atoms with Crippen molar-refractivity contribution in [2.24, 2.45) is 0 Å². The monoisotopic (exact) mass is 520 g/mol. The molecule has 0 saturated carbocycles. The highest BCUT2D eigenvalue weighted by molar-refractivity contribution is 9.10. The molecular formula is C17H15BrF6N2OS2. The van der Waals surface area contributed by atoms with E-state index in [2.05, 4.69) is 20.2 Å². The lowest BCUT2D eigenvalue weighted by Gasteiger charge is -2.36. The summed E-state index contributed by atoms with van der Waals surface area (Å²) in [4.78, 5) is 1.87. The van der Waals surface area contributed by atoms with E-state index in [0.717, 1.165) is 4.21 Å². The second-order valence-corrected chi connectivity index (χ2v) is 9.51. The van der Waals surface area contributed by atoms with Gasteiger partial charge in [-0.15, -0.1) is 11.3 Å². The summed E-state index contributed by atoms with van der Waals surface area (Å²) in [5.41, 5.74) is -5.74. The van der Waals surface area contributed by atoms with E-state index >= 15 is 0 Å². The first-order valence-corrected chi connectivity index (χ1v) is 10.8. The van der Waals surface area contributed by atoms with Crippen molar-refractivity contribution in [1.82, 2.24) is 4.31 Å². The van der Waals surface area contributed by atoms with E-state index in [0.29, 0.717) is 44.0 Å². The van der Waals surface area contributed by atoms with Gasteiger partial charge in [-0.2, -0.15) is 26.3 Å². The third-order valence-corrected chi connectivity index (χ3v) is 7.23. The van der Waals surface area contributed by atoms with Gasteiger partial charge in [0.1, 0.15) is 0 Å². The normalized spacial score (nSPS) is 17.0. The number of hydrogen-bond donors (Lipinski definition) is 1. The first-order chi connectivity index (χ1) is 13.4. The Kier molecular flexibility index (Phi) is 6.50. The smallest absolute Gasteiger partial charge is 0.369 e. The fraction of sp³-hybridized carbons (Fsp3) is 0.412. The fourth-order valence-electron chi connectivity index (χ4n) is 2.94. The summed E-state index contributed by atoms with van der Waals surface area (Å²) >= 11 is 6.30. The predicted octanol–water partition coefficient (Wildman–Crippen LogP) is 5.65. The summed E-state index contributed by atoms with van der Waals surface area (Å²) < 4.78 is 81.8. The van der Waals surface area contributed by atoms with Crippen LogP contribution in [0.4, 0.5) is 32.0 Å². The number of halogens is 7. The Morgan fingerprint density at radius 1 is 0.966 bits per heavy atom. The molecule has 1 N–H and O–H groups in total. The van der Waals surface area contributed by atoms with Crippen molar-refractivity contribution in [3.8, 4) is 0 Å². The molecule has 0 aliphatic carbocycles. The highest BCUT2D eigenvalue weighted by atomic mass is 79.9. The molecule has 29 heavy (non-hydrogen) atoms. The Morgan fingerprint density at radius 2 is 1.59 bits per heavy atom. The minimum absolute atomic E-state index is 0.0567. The van der Waals surface area contributed by atoms with Gasteiger partial charge in [-0.25, -0.2) is 4.31 Å². The zero-order valence-corrected chi connectivity index (χ0v) is 17.8. The van der Waals surface area contributed by atoms with E-state index in [9.17, 15) is 31.4 Å². The van der Waals surface area contributed by atoms with E-state index in [1.54, 1.807) is 23.3 Å². The molecule has 1 aliphatic heterocycles. The van der Waals surface area contributed by atoms with Crippen LogP contribution in [-0.4, -0.2) is 47.9 Å². The van der Waals surface area contributed by atoms with E-state index in [4.69, 9.17) is 0 Å². The highest BCUT2D eigenvalue weighted by Crippen LogP contribution is 2.51. The molecule has 0 unspecified atom stereocenters. The van der Waals surface area contributed by atoms with Gasteiger partial charge in [0.25, 0.3) is 5.60 Å². The topological polar surface area (TPSA) is 26.7 Å². The van der Waals surface area contributed by atoms with Gasteiger partial charge >= 0.3 is 12.4 Å². The minimum atomic E-state index is -5.91. The van der Waals surface area contributed by atoms with Crippen molar-refractivity contribution in [3.05, 3.63) is 45.7 Å². The van der Waals surface area contributed by atoms with Crippen LogP contribution in [0.3, 0.4) is 0 Å². The molecule has 1 aliphatic rings. The van der Waals surface area contributed by atoms with Gasteiger partial charge in [0.15, 0.2) is 0 Å². The molecule has 0 bridgehead atoms. The average molecular weight is 521 g/mol. The fourth-order valence-corrected chi connectivity index (χ4v) is 5.41. The van der Waals surface area contributed by atoms with Crippen molar-refractivity contribution in [1.29, 1.82) is 0 Å². The molecule has 160 valence electrons. The SMILES string of the molecule is OC(c1ccc(N2CCN(Sc3cccs3)CC2)c(Br)c1)(C(F)(F)F)C(F)(F)F. The van der Waals surface area contributed by atoms with Crippen molar-refractivity contribution < 1.29 is 31.4 Å². The van der Waals surface area contributed by atoms with Crippen LogP contribution in [0.1, 0.15) is 5.56 Å². The molecule has 2 aromatic rings. The van der Waals surface area contributed by atoms with Crippen LogP contribution >= 0.6 is 39.2 Å². The zero-order chi connectivity index (χ0) is 21.4. The maximum absolute atomic E-state index is 13.1. The number of aliphatic hydroxyl groups is 1. The molecule has 2 heterocycles. The number of benzene rings is 1. The highest BCUT2D eigenvalue weighted by Gasteiger charge is 2.71. The molecule has 3 nitrogen and oxygen atoms in total. The van der Waals surface area contributed by atoms with Crippen LogP contribution in [0.2, 0.25) is 0 Å². The predicted molar refractivity (Wildman–Crippen MR) is 104 cm³/mol. The summed E-state index contributed by atoms with van der Waals surface area (Å²) in [6.07, 6.45) is -11.8. The average Bonchev–Trinajstić information content (AvgIpc) is 3.13. The molecule has 0 atom stereocenters.